The molecule has 0 amide bonds. The average Bonchev–Trinajstić information content (AvgIpc) is 3.13. The van der Waals surface area contributed by atoms with Crippen LogP contribution in [0.5, 0.6) is 0 Å². The van der Waals surface area contributed by atoms with Crippen LogP contribution in [0.4, 0.5) is 8.78 Å². The second-order valence-electron chi connectivity index (χ2n) is 7.97. The van der Waals surface area contributed by atoms with E-state index in [9.17, 15) is 17.2 Å². The fourth-order valence-electron chi connectivity index (χ4n) is 4.00. The van der Waals surface area contributed by atoms with E-state index in [1.54, 1.807) is 42.9 Å². The second kappa shape index (κ2) is 9.09. The molecule has 32 heavy (non-hydrogen) atoms. The number of hydrogen-bond donors (Lipinski definition) is 0. The molecule has 0 bridgehead atoms. The number of sulfonamides is 1. The Morgan fingerprint density at radius 1 is 1.09 bits per heavy atom. The molecular weight excluding hydrogens is 434 g/mol. The molecule has 0 unspecified atom stereocenters. The van der Waals surface area contributed by atoms with E-state index in [1.807, 2.05) is 6.07 Å². The van der Waals surface area contributed by atoms with Crippen molar-refractivity contribution in [1.29, 1.82) is 0 Å². The molecule has 0 spiro atoms. The molecule has 2 heterocycles. The molecule has 0 saturated carbocycles. The topological polar surface area (TPSA) is 58.4 Å². The van der Waals surface area contributed by atoms with Gasteiger partial charge in [-0.3, -0.25) is 4.90 Å². The first-order chi connectivity index (χ1) is 15.3. The van der Waals surface area contributed by atoms with Crippen molar-refractivity contribution >= 4 is 10.0 Å². The van der Waals surface area contributed by atoms with Gasteiger partial charge >= 0.3 is 0 Å². The van der Waals surface area contributed by atoms with Crippen molar-refractivity contribution in [3.63, 3.8) is 0 Å². The lowest BCUT2D eigenvalue weighted by atomic mass is 10.0. The zero-order chi connectivity index (χ0) is 22.9. The number of rotatable bonds is 7. The summed E-state index contributed by atoms with van der Waals surface area (Å²) in [6, 6.07) is 12.8. The fraction of sp³-hybridized carbons (Fsp3) is 0.348. The predicted octanol–water partition coefficient (Wildman–Crippen LogP) is 3.49. The molecular formula is C23H26F2N4O2S. The Kier molecular flexibility index (Phi) is 6.41. The number of fused-ring (bicyclic) bond motifs is 1. The molecule has 0 aliphatic carbocycles. The van der Waals surface area contributed by atoms with E-state index in [1.165, 1.54) is 22.5 Å². The first-order valence-corrected chi connectivity index (χ1v) is 12.1. The summed E-state index contributed by atoms with van der Waals surface area (Å²) in [5, 5.41) is 4.73. The maximum absolute atomic E-state index is 14.2. The highest BCUT2D eigenvalue weighted by Crippen LogP contribution is 2.28. The number of halogens is 2. The number of aromatic nitrogens is 2. The molecule has 0 saturated heterocycles. The number of nitrogens with zero attached hydrogens (tertiary/aromatic N) is 4. The maximum Gasteiger partial charge on any atom is 0.213 e. The van der Waals surface area contributed by atoms with Crippen LogP contribution in [-0.4, -0.2) is 46.7 Å². The van der Waals surface area contributed by atoms with Gasteiger partial charge in [-0.1, -0.05) is 18.2 Å². The minimum absolute atomic E-state index is 0.00374. The van der Waals surface area contributed by atoms with Crippen molar-refractivity contribution < 1.29 is 17.2 Å². The molecule has 0 fully saturated rings. The SMILES string of the molecule is CCS(=O)(=O)N(C)Cc1nn(-c2ccc(F)cc2)c2c1CN(Cc1ccccc1F)CC2. The highest BCUT2D eigenvalue weighted by Gasteiger charge is 2.28. The minimum Gasteiger partial charge on any atom is -0.294 e. The molecule has 1 aliphatic rings. The molecule has 0 radical (unpaired) electrons. The lowest BCUT2D eigenvalue weighted by Crippen LogP contribution is -2.32. The van der Waals surface area contributed by atoms with Gasteiger partial charge in [0.1, 0.15) is 11.6 Å². The van der Waals surface area contributed by atoms with Gasteiger partial charge in [0.25, 0.3) is 0 Å². The molecule has 6 nitrogen and oxygen atoms in total. The standard InChI is InChI=1S/C23H26F2N4O2S/c1-3-32(30,31)27(2)16-22-20-15-28(14-17-6-4-5-7-21(17)25)13-12-23(20)29(26-22)19-10-8-18(24)9-11-19/h4-11H,3,12-16H2,1-2H3. The van der Waals surface area contributed by atoms with E-state index in [4.69, 9.17) is 5.10 Å². The predicted molar refractivity (Wildman–Crippen MR) is 119 cm³/mol. The molecule has 170 valence electrons. The van der Waals surface area contributed by atoms with Gasteiger partial charge in [-0.15, -0.1) is 0 Å². The van der Waals surface area contributed by atoms with Gasteiger partial charge in [-0.05, 0) is 37.3 Å². The Bertz CT molecular complexity index is 1210. The third-order valence-corrected chi connectivity index (χ3v) is 7.66. The quantitative estimate of drug-likeness (QED) is 0.542. The first-order valence-electron chi connectivity index (χ1n) is 10.5. The van der Waals surface area contributed by atoms with Crippen molar-refractivity contribution in [1.82, 2.24) is 19.0 Å². The third-order valence-electron chi connectivity index (χ3n) is 5.85. The molecule has 0 N–H and O–H groups in total. The van der Waals surface area contributed by atoms with E-state index >= 15 is 0 Å². The summed E-state index contributed by atoms with van der Waals surface area (Å²) < 4.78 is 55.3. The highest BCUT2D eigenvalue weighted by atomic mass is 32.2. The fourth-order valence-corrected chi connectivity index (χ4v) is 4.76. The lowest BCUT2D eigenvalue weighted by molar-refractivity contribution is 0.239. The lowest BCUT2D eigenvalue weighted by Gasteiger charge is -2.28. The van der Waals surface area contributed by atoms with Crippen molar-refractivity contribution in [2.45, 2.75) is 33.0 Å². The first kappa shape index (κ1) is 22.6. The Hall–Kier alpha value is -2.62. The van der Waals surface area contributed by atoms with Gasteiger partial charge < -0.3 is 0 Å². The van der Waals surface area contributed by atoms with Gasteiger partial charge in [-0.25, -0.2) is 21.9 Å². The van der Waals surface area contributed by atoms with Crippen LogP contribution in [0.25, 0.3) is 5.69 Å². The Morgan fingerprint density at radius 3 is 2.50 bits per heavy atom. The summed E-state index contributed by atoms with van der Waals surface area (Å²) in [4.78, 5) is 2.13. The van der Waals surface area contributed by atoms with Crippen LogP contribution >= 0.6 is 0 Å². The monoisotopic (exact) mass is 460 g/mol. The molecule has 0 atom stereocenters. The van der Waals surface area contributed by atoms with Gasteiger partial charge in [0.05, 0.1) is 29.4 Å². The molecule has 1 aromatic heterocycles. The Morgan fingerprint density at radius 2 is 1.81 bits per heavy atom. The van der Waals surface area contributed by atoms with E-state index in [2.05, 4.69) is 4.90 Å². The van der Waals surface area contributed by atoms with Crippen LogP contribution in [0.15, 0.2) is 48.5 Å². The maximum atomic E-state index is 14.2. The van der Waals surface area contributed by atoms with Gasteiger partial charge in [0.15, 0.2) is 0 Å². The molecule has 2 aromatic carbocycles. The van der Waals surface area contributed by atoms with Crippen LogP contribution in [0.2, 0.25) is 0 Å². The summed E-state index contributed by atoms with van der Waals surface area (Å²) >= 11 is 0. The summed E-state index contributed by atoms with van der Waals surface area (Å²) in [5.74, 6) is -0.571. The van der Waals surface area contributed by atoms with E-state index in [0.29, 0.717) is 37.3 Å². The van der Waals surface area contributed by atoms with Gasteiger partial charge in [0, 0.05) is 44.2 Å². The van der Waals surface area contributed by atoms with Crippen molar-refractivity contribution in [3.8, 4) is 5.69 Å². The third kappa shape index (κ3) is 4.60. The minimum atomic E-state index is -3.38. The average molecular weight is 461 g/mol. The zero-order valence-corrected chi connectivity index (χ0v) is 18.9. The number of hydrogen-bond acceptors (Lipinski definition) is 4. The molecule has 9 heteroatoms. The van der Waals surface area contributed by atoms with Crippen LogP contribution in [0, 0.1) is 11.6 Å². The molecule has 3 aromatic rings. The van der Waals surface area contributed by atoms with Crippen molar-refractivity contribution in [2.24, 2.45) is 0 Å². The summed E-state index contributed by atoms with van der Waals surface area (Å²) in [6.07, 6.45) is 0.665. The Labute approximate surface area is 187 Å². The summed E-state index contributed by atoms with van der Waals surface area (Å²) in [5.41, 5.74) is 3.90. The smallest absolute Gasteiger partial charge is 0.213 e. The van der Waals surface area contributed by atoms with Crippen LogP contribution in [-0.2, 0) is 36.1 Å². The zero-order valence-electron chi connectivity index (χ0n) is 18.1. The van der Waals surface area contributed by atoms with Gasteiger partial charge in [0.2, 0.25) is 10.0 Å². The van der Waals surface area contributed by atoms with E-state index in [0.717, 1.165) is 16.9 Å². The molecule has 1 aliphatic heterocycles. The van der Waals surface area contributed by atoms with E-state index in [-0.39, 0.29) is 23.9 Å². The van der Waals surface area contributed by atoms with Crippen LogP contribution < -0.4 is 0 Å². The summed E-state index contributed by atoms with van der Waals surface area (Å²) in [6.45, 7) is 3.43. The van der Waals surface area contributed by atoms with Gasteiger partial charge in [-0.2, -0.15) is 9.40 Å². The number of benzene rings is 2. The Balaban J connectivity index is 1.69. The van der Waals surface area contributed by atoms with Crippen molar-refractivity contribution in [2.75, 3.05) is 19.3 Å². The highest BCUT2D eigenvalue weighted by molar-refractivity contribution is 7.89. The van der Waals surface area contributed by atoms with Crippen molar-refractivity contribution in [3.05, 3.63) is 82.7 Å². The summed E-state index contributed by atoms with van der Waals surface area (Å²) in [7, 11) is -1.84. The van der Waals surface area contributed by atoms with Crippen LogP contribution in [0.1, 0.15) is 29.4 Å². The largest absolute Gasteiger partial charge is 0.294 e. The molecule has 4 rings (SSSR count). The normalized spacial score (nSPS) is 14.7. The van der Waals surface area contributed by atoms with Crippen LogP contribution in [0.3, 0.4) is 0 Å². The van der Waals surface area contributed by atoms with E-state index < -0.39 is 10.0 Å². The second-order valence-corrected chi connectivity index (χ2v) is 10.3.